The van der Waals surface area contributed by atoms with Gasteiger partial charge in [0, 0.05) is 62.3 Å². The van der Waals surface area contributed by atoms with Gasteiger partial charge in [0.1, 0.15) is 0 Å². The number of hydrogen-bond donors (Lipinski definition) is 4. The van der Waals surface area contributed by atoms with Crippen molar-refractivity contribution in [3.63, 3.8) is 0 Å². The molecule has 2 aromatic carbocycles. The standard InChI is InChI=1S/2C17H22N4O/c2*1-3-13-9-19-17(20-10-13)21-15-5-4-14(8-12(15)2)16-11-18-6-7-22-16/h2*4-5,8-10,16,18H,3,6-7,11H2,1-2H3,(H,19,20,21)/t2*16-/m10/s1. The van der Waals surface area contributed by atoms with E-state index in [-0.39, 0.29) is 12.2 Å². The summed E-state index contributed by atoms with van der Waals surface area (Å²) in [7, 11) is 0. The quantitative estimate of drug-likeness (QED) is 0.208. The number of hydrogen-bond acceptors (Lipinski definition) is 10. The molecule has 10 heteroatoms. The topological polar surface area (TPSA) is 118 Å². The third-order valence-corrected chi connectivity index (χ3v) is 7.82. The van der Waals surface area contributed by atoms with E-state index in [1.54, 1.807) is 0 Å². The Kier molecular flexibility index (Phi) is 11.2. The molecule has 0 radical (unpaired) electrons. The fourth-order valence-electron chi connectivity index (χ4n) is 5.06. The van der Waals surface area contributed by atoms with Gasteiger partial charge in [-0.3, -0.25) is 0 Å². The van der Waals surface area contributed by atoms with Gasteiger partial charge in [0.05, 0.1) is 25.4 Å². The Morgan fingerprint density at radius 2 is 1.07 bits per heavy atom. The second kappa shape index (κ2) is 15.7. The van der Waals surface area contributed by atoms with Crippen LogP contribution in [0.4, 0.5) is 23.3 Å². The molecule has 2 aromatic heterocycles. The van der Waals surface area contributed by atoms with Crippen molar-refractivity contribution < 1.29 is 9.47 Å². The maximum atomic E-state index is 5.80. The van der Waals surface area contributed by atoms with Crippen LogP contribution in [-0.4, -0.2) is 59.3 Å². The molecule has 44 heavy (non-hydrogen) atoms. The van der Waals surface area contributed by atoms with Gasteiger partial charge < -0.3 is 30.7 Å². The van der Waals surface area contributed by atoms with Gasteiger partial charge in [-0.2, -0.15) is 0 Å². The SMILES string of the molecule is CCc1cnc(Nc2ccc([C@@H]3CNCCO3)cc2C)nc1.CCc1cnc(Nc2ccc([C@H]3CNCCO3)cc2C)nc1. The summed E-state index contributed by atoms with van der Waals surface area (Å²) in [5.74, 6) is 1.26. The van der Waals surface area contributed by atoms with Gasteiger partial charge in [-0.05, 0) is 72.2 Å². The molecule has 4 heterocycles. The van der Waals surface area contributed by atoms with E-state index in [9.17, 15) is 0 Å². The molecule has 232 valence electrons. The molecule has 2 aliphatic rings. The van der Waals surface area contributed by atoms with Gasteiger partial charge in [-0.15, -0.1) is 0 Å². The van der Waals surface area contributed by atoms with Crippen LogP contribution in [0.3, 0.4) is 0 Å². The van der Waals surface area contributed by atoms with Gasteiger partial charge in [0.15, 0.2) is 0 Å². The molecular formula is C34H44N8O2. The van der Waals surface area contributed by atoms with Crippen LogP contribution in [0.1, 0.15) is 59.4 Å². The van der Waals surface area contributed by atoms with Gasteiger partial charge >= 0.3 is 0 Å². The highest BCUT2D eigenvalue weighted by molar-refractivity contribution is 5.60. The fraction of sp³-hybridized carbons (Fsp3) is 0.412. The van der Waals surface area contributed by atoms with Crippen molar-refractivity contribution in [2.45, 2.75) is 52.7 Å². The molecule has 0 spiro atoms. The largest absolute Gasteiger partial charge is 0.371 e. The van der Waals surface area contributed by atoms with Gasteiger partial charge in [0.2, 0.25) is 11.9 Å². The number of benzene rings is 2. The Morgan fingerprint density at radius 3 is 1.39 bits per heavy atom. The Hall–Kier alpha value is -3.96. The lowest BCUT2D eigenvalue weighted by atomic mass is 10.0. The van der Waals surface area contributed by atoms with E-state index in [1.807, 2.05) is 24.8 Å². The summed E-state index contributed by atoms with van der Waals surface area (Å²) in [5.41, 5.74) is 9.06. The fourth-order valence-corrected chi connectivity index (χ4v) is 5.06. The highest BCUT2D eigenvalue weighted by Crippen LogP contribution is 2.27. The van der Waals surface area contributed by atoms with Crippen molar-refractivity contribution in [2.24, 2.45) is 0 Å². The minimum absolute atomic E-state index is 0.140. The second-order valence-electron chi connectivity index (χ2n) is 11.1. The van der Waals surface area contributed by atoms with Crippen molar-refractivity contribution in [1.82, 2.24) is 30.6 Å². The van der Waals surface area contributed by atoms with Gasteiger partial charge in [0.25, 0.3) is 0 Å². The summed E-state index contributed by atoms with van der Waals surface area (Å²) in [6, 6.07) is 12.7. The number of aromatic nitrogens is 4. The normalized spacial score (nSPS) is 18.2. The van der Waals surface area contributed by atoms with E-state index < -0.39 is 0 Å². The van der Waals surface area contributed by atoms with Crippen LogP contribution in [0.5, 0.6) is 0 Å². The Labute approximate surface area is 260 Å². The highest BCUT2D eigenvalue weighted by Gasteiger charge is 2.17. The first kappa shape index (κ1) is 31.5. The van der Waals surface area contributed by atoms with Crippen molar-refractivity contribution in [1.29, 1.82) is 0 Å². The minimum atomic E-state index is 0.140. The Bertz CT molecular complexity index is 1360. The van der Waals surface area contributed by atoms with Crippen LogP contribution >= 0.6 is 0 Å². The maximum absolute atomic E-state index is 5.80. The molecule has 2 atom stereocenters. The average molecular weight is 597 g/mol. The summed E-state index contributed by atoms with van der Waals surface area (Å²) in [6.45, 7) is 13.5. The molecule has 2 saturated heterocycles. The van der Waals surface area contributed by atoms with Crippen molar-refractivity contribution in [2.75, 3.05) is 50.0 Å². The first-order valence-electron chi connectivity index (χ1n) is 15.5. The van der Waals surface area contributed by atoms with E-state index in [2.05, 4.69) is 105 Å². The predicted octanol–water partition coefficient (Wildman–Crippen LogP) is 5.50. The summed E-state index contributed by atoms with van der Waals surface area (Å²) in [5, 5.41) is 13.3. The van der Waals surface area contributed by atoms with E-state index in [1.165, 1.54) is 11.1 Å². The maximum Gasteiger partial charge on any atom is 0.227 e. The Balaban J connectivity index is 0.000000175. The number of anilines is 4. The van der Waals surface area contributed by atoms with Crippen molar-refractivity contribution >= 4 is 23.3 Å². The average Bonchev–Trinajstić information content (AvgIpc) is 3.08. The molecule has 0 unspecified atom stereocenters. The summed E-state index contributed by atoms with van der Waals surface area (Å²) < 4.78 is 11.6. The van der Waals surface area contributed by atoms with Crippen LogP contribution in [0.15, 0.2) is 61.2 Å². The Morgan fingerprint density at radius 1 is 0.659 bits per heavy atom. The number of morpholine rings is 2. The van der Waals surface area contributed by atoms with E-state index >= 15 is 0 Å². The number of aryl methyl sites for hydroxylation is 4. The van der Waals surface area contributed by atoms with E-state index in [4.69, 9.17) is 9.47 Å². The highest BCUT2D eigenvalue weighted by atomic mass is 16.5. The molecule has 4 N–H and O–H groups in total. The predicted molar refractivity (Wildman–Crippen MR) is 175 cm³/mol. The third kappa shape index (κ3) is 8.57. The smallest absolute Gasteiger partial charge is 0.227 e. The summed E-state index contributed by atoms with van der Waals surface area (Å²) in [6.07, 6.45) is 9.62. The second-order valence-corrected chi connectivity index (χ2v) is 11.1. The van der Waals surface area contributed by atoms with Crippen LogP contribution in [0.2, 0.25) is 0 Å². The molecule has 0 amide bonds. The molecule has 2 aliphatic heterocycles. The lowest BCUT2D eigenvalue weighted by Crippen LogP contribution is -2.33. The molecular weight excluding hydrogens is 552 g/mol. The van der Waals surface area contributed by atoms with Crippen LogP contribution in [0, 0.1) is 13.8 Å². The minimum Gasteiger partial charge on any atom is -0.371 e. The van der Waals surface area contributed by atoms with Gasteiger partial charge in [-0.1, -0.05) is 38.1 Å². The monoisotopic (exact) mass is 596 g/mol. The molecule has 0 bridgehead atoms. The molecule has 2 fully saturated rings. The third-order valence-electron chi connectivity index (χ3n) is 7.82. The zero-order valence-electron chi connectivity index (χ0n) is 26.2. The number of rotatable bonds is 8. The first-order chi connectivity index (χ1) is 21.5. The lowest BCUT2D eigenvalue weighted by Gasteiger charge is -2.24. The van der Waals surface area contributed by atoms with Crippen molar-refractivity contribution in [3.8, 4) is 0 Å². The molecule has 4 aromatic rings. The number of nitrogens with zero attached hydrogens (tertiary/aromatic N) is 4. The van der Waals surface area contributed by atoms with Gasteiger partial charge in [-0.25, -0.2) is 19.9 Å². The van der Waals surface area contributed by atoms with Crippen molar-refractivity contribution in [3.05, 3.63) is 94.6 Å². The molecule has 10 nitrogen and oxygen atoms in total. The number of ether oxygens (including phenoxy) is 2. The molecule has 0 saturated carbocycles. The first-order valence-corrected chi connectivity index (χ1v) is 15.5. The lowest BCUT2D eigenvalue weighted by molar-refractivity contribution is 0.0276. The molecule has 6 rings (SSSR count). The summed E-state index contributed by atoms with van der Waals surface area (Å²) >= 11 is 0. The zero-order valence-corrected chi connectivity index (χ0v) is 26.2. The zero-order chi connectivity index (χ0) is 30.7. The van der Waals surface area contributed by atoms with Crippen LogP contribution < -0.4 is 21.3 Å². The van der Waals surface area contributed by atoms with Crippen LogP contribution in [-0.2, 0) is 22.3 Å². The van der Waals surface area contributed by atoms with E-state index in [0.717, 1.165) is 85.9 Å². The molecule has 0 aliphatic carbocycles. The summed E-state index contributed by atoms with van der Waals surface area (Å²) in [4.78, 5) is 17.4. The van der Waals surface area contributed by atoms with E-state index in [0.29, 0.717) is 11.9 Å². The number of nitrogens with one attached hydrogen (secondary N) is 4. The van der Waals surface area contributed by atoms with Crippen LogP contribution in [0.25, 0.3) is 0 Å².